The predicted molar refractivity (Wildman–Crippen MR) is 55.8 cm³/mol. The van der Waals surface area contributed by atoms with Crippen LogP contribution in [0.3, 0.4) is 0 Å². The van der Waals surface area contributed by atoms with Gasteiger partial charge >= 0.3 is 5.97 Å². The molecule has 0 radical (unpaired) electrons. The van der Waals surface area contributed by atoms with Crippen LogP contribution in [0.4, 0.5) is 0 Å². The summed E-state index contributed by atoms with van der Waals surface area (Å²) in [5, 5.41) is 11.2. The number of hydrogen-bond donors (Lipinski definition) is 1. The summed E-state index contributed by atoms with van der Waals surface area (Å²) >= 11 is 0. The molecular weight excluding hydrogens is 210 g/mol. The summed E-state index contributed by atoms with van der Waals surface area (Å²) in [4.78, 5) is 22.7. The third kappa shape index (κ3) is 2.73. The van der Waals surface area contributed by atoms with E-state index in [1.54, 1.807) is 13.8 Å². The van der Waals surface area contributed by atoms with Crippen LogP contribution < -0.4 is 5.56 Å². The number of H-pyrrole nitrogens is 1. The molecular formula is C10H13N3O3. The van der Waals surface area contributed by atoms with Gasteiger partial charge in [-0.2, -0.15) is 5.26 Å². The summed E-state index contributed by atoms with van der Waals surface area (Å²) in [7, 11) is 0. The number of nitrogens with one attached hydrogen (secondary N) is 1. The molecule has 1 heterocycles. The summed E-state index contributed by atoms with van der Waals surface area (Å²) < 4.78 is 5.96. The van der Waals surface area contributed by atoms with Gasteiger partial charge in [-0.1, -0.05) is 0 Å². The second kappa shape index (κ2) is 5.16. The van der Waals surface area contributed by atoms with Crippen molar-refractivity contribution in [3.63, 3.8) is 0 Å². The standard InChI is InChI=1S/C10H13N3O3/c1-3-16-10(15)8-4-9(14)13(12-8)6-7(2)5-11/h4,7,12H,3,6H2,1-2H3. The second-order valence-electron chi connectivity index (χ2n) is 3.37. The molecule has 0 aliphatic heterocycles. The zero-order valence-electron chi connectivity index (χ0n) is 9.19. The van der Waals surface area contributed by atoms with E-state index < -0.39 is 5.97 Å². The molecule has 0 fully saturated rings. The average molecular weight is 223 g/mol. The van der Waals surface area contributed by atoms with Crippen molar-refractivity contribution in [1.29, 1.82) is 5.26 Å². The number of carbonyl (C=O) groups is 1. The molecule has 0 bridgehead atoms. The minimum atomic E-state index is -0.567. The molecule has 0 spiro atoms. The van der Waals surface area contributed by atoms with Gasteiger partial charge in [-0.05, 0) is 13.8 Å². The molecule has 0 amide bonds. The maximum atomic E-state index is 11.4. The topological polar surface area (TPSA) is 87.9 Å². The maximum absolute atomic E-state index is 11.4. The minimum absolute atomic E-state index is 0.108. The van der Waals surface area contributed by atoms with Crippen molar-refractivity contribution >= 4 is 5.97 Å². The Morgan fingerprint density at radius 3 is 3.00 bits per heavy atom. The Hall–Kier alpha value is -2.03. The van der Waals surface area contributed by atoms with Gasteiger partial charge in [0.2, 0.25) is 0 Å². The van der Waals surface area contributed by atoms with Crippen molar-refractivity contribution in [3.05, 3.63) is 22.1 Å². The molecule has 6 nitrogen and oxygen atoms in total. The van der Waals surface area contributed by atoms with Crippen LogP contribution in [0.2, 0.25) is 0 Å². The summed E-state index contributed by atoms with van der Waals surface area (Å²) in [6.45, 7) is 3.86. The Kier molecular flexibility index (Phi) is 3.89. The molecule has 86 valence electrons. The molecule has 0 aliphatic carbocycles. The van der Waals surface area contributed by atoms with Gasteiger partial charge in [0, 0.05) is 6.07 Å². The lowest BCUT2D eigenvalue weighted by molar-refractivity contribution is 0.0518. The number of ether oxygens (including phenoxy) is 1. The van der Waals surface area contributed by atoms with Gasteiger partial charge in [0.1, 0.15) is 5.69 Å². The lowest BCUT2D eigenvalue weighted by atomic mass is 10.2. The predicted octanol–water partition coefficient (Wildman–Crippen LogP) is 0.513. The number of aromatic nitrogens is 2. The lowest BCUT2D eigenvalue weighted by Crippen LogP contribution is -2.19. The Bertz CT molecular complexity index is 466. The zero-order chi connectivity index (χ0) is 12.1. The summed E-state index contributed by atoms with van der Waals surface area (Å²) in [5.41, 5.74) is -0.234. The highest BCUT2D eigenvalue weighted by atomic mass is 16.5. The number of aromatic amines is 1. The van der Waals surface area contributed by atoms with Crippen molar-refractivity contribution in [2.45, 2.75) is 20.4 Å². The second-order valence-corrected chi connectivity index (χ2v) is 3.37. The molecule has 0 aliphatic rings. The number of nitriles is 1. The lowest BCUT2D eigenvalue weighted by Gasteiger charge is -2.02. The average Bonchev–Trinajstić information content (AvgIpc) is 2.61. The first kappa shape index (κ1) is 12.0. The van der Waals surface area contributed by atoms with E-state index in [4.69, 9.17) is 10.00 Å². The highest BCUT2D eigenvalue weighted by molar-refractivity contribution is 5.86. The maximum Gasteiger partial charge on any atom is 0.356 e. The molecule has 1 N–H and O–H groups in total. The fourth-order valence-corrected chi connectivity index (χ4v) is 1.20. The largest absolute Gasteiger partial charge is 0.461 e. The zero-order valence-corrected chi connectivity index (χ0v) is 9.19. The van der Waals surface area contributed by atoms with E-state index in [1.807, 2.05) is 6.07 Å². The van der Waals surface area contributed by atoms with Crippen LogP contribution in [0.1, 0.15) is 24.3 Å². The molecule has 1 aromatic rings. The first-order chi connectivity index (χ1) is 7.58. The molecule has 16 heavy (non-hydrogen) atoms. The van der Waals surface area contributed by atoms with E-state index in [9.17, 15) is 9.59 Å². The van der Waals surface area contributed by atoms with E-state index in [-0.39, 0.29) is 30.3 Å². The van der Waals surface area contributed by atoms with E-state index in [0.29, 0.717) is 0 Å². The van der Waals surface area contributed by atoms with Gasteiger partial charge in [-0.3, -0.25) is 14.6 Å². The highest BCUT2D eigenvalue weighted by Crippen LogP contribution is 1.98. The number of nitrogens with zero attached hydrogens (tertiary/aromatic N) is 2. The summed E-state index contributed by atoms with van der Waals surface area (Å²) in [6.07, 6.45) is 0. The molecule has 6 heteroatoms. The molecule has 1 unspecified atom stereocenters. The van der Waals surface area contributed by atoms with E-state index in [2.05, 4.69) is 5.10 Å². The van der Waals surface area contributed by atoms with Crippen LogP contribution >= 0.6 is 0 Å². The summed E-state index contributed by atoms with van der Waals surface area (Å²) in [5.74, 6) is -0.866. The Morgan fingerprint density at radius 2 is 2.44 bits per heavy atom. The molecule has 1 atom stereocenters. The third-order valence-corrected chi connectivity index (χ3v) is 1.96. The first-order valence-electron chi connectivity index (χ1n) is 4.95. The number of esters is 1. The van der Waals surface area contributed by atoms with Crippen LogP contribution in [0.5, 0.6) is 0 Å². The Balaban J connectivity index is 2.86. The van der Waals surface area contributed by atoms with E-state index in [1.165, 1.54) is 10.7 Å². The van der Waals surface area contributed by atoms with Gasteiger partial charge in [-0.15, -0.1) is 0 Å². The first-order valence-corrected chi connectivity index (χ1v) is 4.95. The Labute approximate surface area is 92.4 Å². The number of carbonyl (C=O) groups excluding carboxylic acids is 1. The molecule has 0 saturated carbocycles. The third-order valence-electron chi connectivity index (χ3n) is 1.96. The number of rotatable bonds is 4. The van der Waals surface area contributed by atoms with Crippen LogP contribution in [0, 0.1) is 17.2 Å². The van der Waals surface area contributed by atoms with E-state index in [0.717, 1.165) is 0 Å². The van der Waals surface area contributed by atoms with Gasteiger partial charge in [0.25, 0.3) is 5.56 Å². The van der Waals surface area contributed by atoms with E-state index >= 15 is 0 Å². The molecule has 0 saturated heterocycles. The van der Waals surface area contributed by atoms with Crippen molar-refractivity contribution in [2.24, 2.45) is 5.92 Å². The van der Waals surface area contributed by atoms with Crippen LogP contribution in [-0.4, -0.2) is 22.4 Å². The van der Waals surface area contributed by atoms with Crippen LogP contribution in [0.15, 0.2) is 10.9 Å². The molecule has 0 aromatic carbocycles. The number of hydrogen-bond acceptors (Lipinski definition) is 4. The SMILES string of the molecule is CCOC(=O)c1cc(=O)n(CC(C)C#N)[nH]1. The summed E-state index contributed by atoms with van der Waals surface area (Å²) in [6, 6.07) is 3.18. The van der Waals surface area contributed by atoms with Gasteiger partial charge < -0.3 is 4.74 Å². The normalized spacial score (nSPS) is 11.8. The fraction of sp³-hybridized carbons (Fsp3) is 0.500. The van der Waals surface area contributed by atoms with Crippen molar-refractivity contribution in [1.82, 2.24) is 9.78 Å². The smallest absolute Gasteiger partial charge is 0.356 e. The molecule has 1 rings (SSSR count). The van der Waals surface area contributed by atoms with Crippen molar-refractivity contribution in [3.8, 4) is 6.07 Å². The van der Waals surface area contributed by atoms with Gasteiger partial charge in [0.05, 0.1) is 25.1 Å². The van der Waals surface area contributed by atoms with Crippen molar-refractivity contribution < 1.29 is 9.53 Å². The quantitative estimate of drug-likeness (QED) is 0.753. The Morgan fingerprint density at radius 1 is 1.75 bits per heavy atom. The monoisotopic (exact) mass is 223 g/mol. The highest BCUT2D eigenvalue weighted by Gasteiger charge is 2.13. The van der Waals surface area contributed by atoms with Crippen LogP contribution in [-0.2, 0) is 11.3 Å². The van der Waals surface area contributed by atoms with Crippen molar-refractivity contribution in [2.75, 3.05) is 6.61 Å². The van der Waals surface area contributed by atoms with Gasteiger partial charge in [0.15, 0.2) is 0 Å². The van der Waals surface area contributed by atoms with Gasteiger partial charge in [-0.25, -0.2) is 4.79 Å². The van der Waals surface area contributed by atoms with Crippen LogP contribution in [0.25, 0.3) is 0 Å². The fourth-order valence-electron chi connectivity index (χ4n) is 1.20. The molecule has 1 aromatic heterocycles. The minimum Gasteiger partial charge on any atom is -0.461 e.